The highest BCUT2D eigenvalue weighted by molar-refractivity contribution is 7.89. The molecule has 0 aromatic heterocycles. The lowest BCUT2D eigenvalue weighted by atomic mass is 10.3. The van der Waals surface area contributed by atoms with E-state index in [9.17, 15) is 8.42 Å². The number of nitrogens with zero attached hydrogens (tertiary/aromatic N) is 1. The number of piperazine rings is 1. The predicted molar refractivity (Wildman–Crippen MR) is 71.2 cm³/mol. The van der Waals surface area contributed by atoms with Gasteiger partial charge in [0.25, 0.3) is 0 Å². The van der Waals surface area contributed by atoms with Crippen LogP contribution in [0.4, 0.5) is 0 Å². The summed E-state index contributed by atoms with van der Waals surface area (Å²) in [6, 6.07) is 0.231. The van der Waals surface area contributed by atoms with E-state index in [2.05, 4.69) is 5.32 Å². The monoisotopic (exact) mass is 286 g/mol. The summed E-state index contributed by atoms with van der Waals surface area (Å²) in [5.74, 6) is 0.0812. The SMILES string of the molecule is CC(C)OCCS(=O)(=O)N1CCN[C@@H](C)C1.Cl. The van der Waals surface area contributed by atoms with Crippen molar-refractivity contribution in [3.05, 3.63) is 0 Å². The lowest BCUT2D eigenvalue weighted by Crippen LogP contribution is -2.52. The number of hydrogen-bond donors (Lipinski definition) is 1. The van der Waals surface area contributed by atoms with Gasteiger partial charge in [0.15, 0.2) is 0 Å². The summed E-state index contributed by atoms with van der Waals surface area (Å²) in [6.45, 7) is 7.92. The molecule has 0 radical (unpaired) electrons. The van der Waals surface area contributed by atoms with Gasteiger partial charge in [0, 0.05) is 25.7 Å². The minimum atomic E-state index is -3.14. The van der Waals surface area contributed by atoms with E-state index in [-0.39, 0.29) is 36.9 Å². The van der Waals surface area contributed by atoms with Gasteiger partial charge in [-0.2, -0.15) is 4.31 Å². The fraction of sp³-hybridized carbons (Fsp3) is 1.00. The molecule has 0 aromatic carbocycles. The Kier molecular flexibility index (Phi) is 7.58. The van der Waals surface area contributed by atoms with Crippen LogP contribution in [-0.2, 0) is 14.8 Å². The van der Waals surface area contributed by atoms with E-state index in [1.165, 1.54) is 0 Å². The molecule has 1 aliphatic rings. The molecule has 0 aliphatic carbocycles. The number of hydrogen-bond acceptors (Lipinski definition) is 4. The highest BCUT2D eigenvalue weighted by Crippen LogP contribution is 2.06. The number of rotatable bonds is 5. The average Bonchev–Trinajstić information content (AvgIpc) is 2.16. The summed E-state index contributed by atoms with van der Waals surface area (Å²) >= 11 is 0. The third kappa shape index (κ3) is 6.01. The Morgan fingerprint density at radius 1 is 1.47 bits per heavy atom. The van der Waals surface area contributed by atoms with E-state index in [0.717, 1.165) is 6.54 Å². The number of nitrogens with one attached hydrogen (secondary N) is 1. The number of ether oxygens (including phenoxy) is 1. The van der Waals surface area contributed by atoms with Crippen LogP contribution in [-0.4, -0.2) is 56.9 Å². The normalized spacial score (nSPS) is 22.5. The molecule has 0 bridgehead atoms. The Bertz CT molecular complexity index is 309. The van der Waals surface area contributed by atoms with Crippen molar-refractivity contribution in [1.82, 2.24) is 9.62 Å². The molecule has 1 heterocycles. The van der Waals surface area contributed by atoms with Gasteiger partial charge in [-0.15, -0.1) is 12.4 Å². The summed E-state index contributed by atoms with van der Waals surface area (Å²) in [4.78, 5) is 0. The van der Waals surface area contributed by atoms with Gasteiger partial charge < -0.3 is 10.1 Å². The van der Waals surface area contributed by atoms with E-state index in [1.54, 1.807) is 4.31 Å². The average molecular weight is 287 g/mol. The van der Waals surface area contributed by atoms with E-state index < -0.39 is 10.0 Å². The van der Waals surface area contributed by atoms with E-state index in [4.69, 9.17) is 4.74 Å². The standard InChI is InChI=1S/C10H22N2O3S.ClH/c1-9(2)15-6-7-16(13,14)12-5-4-11-10(3)8-12;/h9-11H,4-8H2,1-3H3;1H/t10-;/m0./s1. The van der Waals surface area contributed by atoms with Crippen LogP contribution in [0, 0.1) is 0 Å². The van der Waals surface area contributed by atoms with Crippen LogP contribution in [0.15, 0.2) is 0 Å². The van der Waals surface area contributed by atoms with E-state index in [0.29, 0.717) is 13.1 Å². The minimum Gasteiger partial charge on any atom is -0.378 e. The fourth-order valence-corrected chi connectivity index (χ4v) is 3.05. The zero-order valence-corrected chi connectivity index (χ0v) is 12.3. The second-order valence-electron chi connectivity index (χ2n) is 4.45. The van der Waals surface area contributed by atoms with Crippen molar-refractivity contribution in [3.8, 4) is 0 Å². The van der Waals surface area contributed by atoms with Gasteiger partial charge >= 0.3 is 0 Å². The molecule has 1 N–H and O–H groups in total. The third-order valence-corrected chi connectivity index (χ3v) is 4.32. The Morgan fingerprint density at radius 3 is 2.65 bits per heavy atom. The van der Waals surface area contributed by atoms with Crippen molar-refractivity contribution in [2.45, 2.75) is 32.9 Å². The maximum atomic E-state index is 11.9. The van der Waals surface area contributed by atoms with Crippen molar-refractivity contribution in [2.75, 3.05) is 32.0 Å². The molecule has 1 fully saturated rings. The molecule has 104 valence electrons. The van der Waals surface area contributed by atoms with Gasteiger partial charge in [-0.1, -0.05) is 0 Å². The van der Waals surface area contributed by atoms with Crippen LogP contribution < -0.4 is 5.32 Å². The second-order valence-corrected chi connectivity index (χ2v) is 6.54. The molecule has 0 unspecified atom stereocenters. The van der Waals surface area contributed by atoms with Crippen molar-refractivity contribution < 1.29 is 13.2 Å². The van der Waals surface area contributed by atoms with Crippen LogP contribution >= 0.6 is 12.4 Å². The number of sulfonamides is 1. The maximum Gasteiger partial charge on any atom is 0.216 e. The maximum absolute atomic E-state index is 11.9. The fourth-order valence-electron chi connectivity index (χ4n) is 1.67. The van der Waals surface area contributed by atoms with Crippen molar-refractivity contribution in [3.63, 3.8) is 0 Å². The van der Waals surface area contributed by atoms with Crippen LogP contribution in [0.1, 0.15) is 20.8 Å². The Labute approximate surface area is 110 Å². The molecule has 1 rings (SSSR count). The molecule has 7 heteroatoms. The molecule has 0 spiro atoms. The Hall–Kier alpha value is 0.120. The molecule has 1 atom stereocenters. The molecule has 1 saturated heterocycles. The van der Waals surface area contributed by atoms with Crippen LogP contribution in [0.2, 0.25) is 0 Å². The Morgan fingerprint density at radius 2 is 2.12 bits per heavy atom. The van der Waals surface area contributed by atoms with E-state index in [1.807, 2.05) is 20.8 Å². The van der Waals surface area contributed by atoms with Gasteiger partial charge in [0.1, 0.15) is 0 Å². The first kappa shape index (κ1) is 17.1. The van der Waals surface area contributed by atoms with Crippen LogP contribution in [0.25, 0.3) is 0 Å². The molecular formula is C10H23ClN2O3S. The van der Waals surface area contributed by atoms with Gasteiger partial charge in [-0.05, 0) is 20.8 Å². The summed E-state index contributed by atoms with van der Waals surface area (Å²) in [5.41, 5.74) is 0. The van der Waals surface area contributed by atoms with Gasteiger partial charge in [-0.25, -0.2) is 8.42 Å². The van der Waals surface area contributed by atoms with E-state index >= 15 is 0 Å². The quantitative estimate of drug-likeness (QED) is 0.798. The lowest BCUT2D eigenvalue weighted by molar-refractivity contribution is 0.0905. The molecule has 0 saturated carbocycles. The van der Waals surface area contributed by atoms with Gasteiger partial charge in [0.2, 0.25) is 10.0 Å². The highest BCUT2D eigenvalue weighted by Gasteiger charge is 2.26. The lowest BCUT2D eigenvalue weighted by Gasteiger charge is -2.31. The first-order valence-corrected chi connectivity index (χ1v) is 7.35. The van der Waals surface area contributed by atoms with Crippen LogP contribution in [0.3, 0.4) is 0 Å². The molecule has 0 amide bonds. The smallest absolute Gasteiger partial charge is 0.216 e. The number of halogens is 1. The van der Waals surface area contributed by atoms with Crippen molar-refractivity contribution in [2.24, 2.45) is 0 Å². The first-order chi connectivity index (χ1) is 7.42. The summed E-state index contributed by atoms with van der Waals surface area (Å²) in [5, 5.41) is 3.22. The molecule has 1 aliphatic heterocycles. The molecule has 17 heavy (non-hydrogen) atoms. The second kappa shape index (κ2) is 7.53. The summed E-state index contributed by atoms with van der Waals surface area (Å²) in [6.07, 6.45) is 0.0807. The third-order valence-electron chi connectivity index (χ3n) is 2.52. The largest absolute Gasteiger partial charge is 0.378 e. The van der Waals surface area contributed by atoms with Gasteiger partial charge in [0.05, 0.1) is 18.5 Å². The van der Waals surface area contributed by atoms with Crippen molar-refractivity contribution in [1.29, 1.82) is 0 Å². The van der Waals surface area contributed by atoms with Gasteiger partial charge in [-0.3, -0.25) is 0 Å². The van der Waals surface area contributed by atoms with Crippen LogP contribution in [0.5, 0.6) is 0 Å². The summed E-state index contributed by atoms with van der Waals surface area (Å²) < 4.78 is 30.7. The Balaban J connectivity index is 0.00000256. The topological polar surface area (TPSA) is 58.6 Å². The molecule has 0 aromatic rings. The highest BCUT2D eigenvalue weighted by atomic mass is 35.5. The first-order valence-electron chi connectivity index (χ1n) is 5.74. The zero-order chi connectivity index (χ0) is 12.2. The zero-order valence-electron chi connectivity index (χ0n) is 10.7. The molecule has 5 nitrogen and oxygen atoms in total. The minimum absolute atomic E-state index is 0. The predicted octanol–water partition coefficient (Wildman–Crippen LogP) is 0.457. The van der Waals surface area contributed by atoms with Crippen molar-refractivity contribution >= 4 is 22.4 Å². The molecular weight excluding hydrogens is 264 g/mol. The summed E-state index contributed by atoms with van der Waals surface area (Å²) in [7, 11) is -3.14.